The van der Waals surface area contributed by atoms with Crippen molar-refractivity contribution in [1.29, 1.82) is 0 Å². The summed E-state index contributed by atoms with van der Waals surface area (Å²) in [4.78, 5) is 19.8. The predicted molar refractivity (Wildman–Crippen MR) is 133 cm³/mol. The quantitative estimate of drug-likeness (QED) is 0.540. The zero-order valence-electron chi connectivity index (χ0n) is 19.1. The molecule has 5 heteroatoms. The zero-order chi connectivity index (χ0) is 22.5. The first-order valence-corrected chi connectivity index (χ1v) is 12.4. The number of allylic oxidation sites excluding steroid dienone is 2. The fourth-order valence-corrected chi connectivity index (χ4v) is 5.09. The fourth-order valence-electron chi connectivity index (χ4n) is 4.33. The van der Waals surface area contributed by atoms with Gasteiger partial charge in [-0.15, -0.1) is 0 Å². The molecule has 0 radical (unpaired) electrons. The van der Waals surface area contributed by atoms with Gasteiger partial charge in [-0.1, -0.05) is 67.9 Å². The minimum absolute atomic E-state index is 0.0594. The summed E-state index contributed by atoms with van der Waals surface area (Å²) in [6.45, 7) is 8.96. The van der Waals surface area contributed by atoms with Gasteiger partial charge in [-0.25, -0.2) is 4.98 Å². The number of carbonyl (C=O) groups excluding carboxylic acids is 1. The maximum atomic E-state index is 12.9. The molecule has 1 aliphatic carbocycles. The number of nitrogens with zero attached hydrogens (tertiary/aromatic N) is 1. The van der Waals surface area contributed by atoms with E-state index in [-0.39, 0.29) is 11.9 Å². The fraction of sp³-hybridized carbons (Fsp3) is 0.407. The predicted octanol–water partition coefficient (Wildman–Crippen LogP) is 6.30. The number of hydrogen-bond donors (Lipinski definition) is 1. The Balaban J connectivity index is 1.50. The number of rotatable bonds is 7. The first kappa shape index (κ1) is 22.7. The van der Waals surface area contributed by atoms with E-state index in [4.69, 9.17) is 4.74 Å². The molecule has 4 nitrogen and oxygen atoms in total. The van der Waals surface area contributed by atoms with Crippen molar-refractivity contribution in [2.75, 3.05) is 6.61 Å². The number of nitrogens with one attached hydrogen (secondary N) is 1. The molecule has 168 valence electrons. The highest BCUT2D eigenvalue weighted by Crippen LogP contribution is 2.33. The molecule has 0 saturated heterocycles. The molecule has 32 heavy (non-hydrogen) atoms. The van der Waals surface area contributed by atoms with Crippen LogP contribution in [0.1, 0.15) is 78.8 Å². The van der Waals surface area contributed by atoms with Gasteiger partial charge in [0.05, 0.1) is 12.3 Å². The maximum Gasteiger partial charge on any atom is 0.270 e. The number of amides is 1. The van der Waals surface area contributed by atoms with Crippen LogP contribution in [0.2, 0.25) is 0 Å². The van der Waals surface area contributed by atoms with Crippen molar-refractivity contribution in [3.05, 3.63) is 76.0 Å². The number of hydrogen-bond acceptors (Lipinski definition) is 4. The molecule has 1 saturated carbocycles. The molecule has 0 spiro atoms. The van der Waals surface area contributed by atoms with Crippen LogP contribution in [0.3, 0.4) is 0 Å². The van der Waals surface area contributed by atoms with Crippen molar-refractivity contribution in [1.82, 2.24) is 10.3 Å². The summed E-state index contributed by atoms with van der Waals surface area (Å²) in [6, 6.07) is 10.7. The summed E-state index contributed by atoms with van der Waals surface area (Å²) < 4.78 is 5.89. The van der Waals surface area contributed by atoms with Crippen LogP contribution in [-0.4, -0.2) is 23.5 Å². The Morgan fingerprint density at radius 1 is 1.25 bits per heavy atom. The highest BCUT2D eigenvalue weighted by molar-refractivity contribution is 8.11. The third kappa shape index (κ3) is 5.44. The van der Waals surface area contributed by atoms with Crippen molar-refractivity contribution in [3.63, 3.8) is 0 Å². The van der Waals surface area contributed by atoms with Gasteiger partial charge in [0.25, 0.3) is 5.91 Å². The number of aromatic nitrogens is 1. The normalized spacial score (nSPS) is 16.4. The molecule has 2 aliphatic rings. The lowest BCUT2D eigenvalue weighted by molar-refractivity contribution is 0.0922. The molecular weight excluding hydrogens is 416 g/mol. The van der Waals surface area contributed by atoms with Gasteiger partial charge in [0, 0.05) is 29.4 Å². The number of ether oxygens (including phenoxy) is 1. The van der Waals surface area contributed by atoms with E-state index in [0.717, 1.165) is 46.7 Å². The molecule has 2 aromatic rings. The van der Waals surface area contributed by atoms with E-state index in [9.17, 15) is 4.79 Å². The molecule has 1 N–H and O–H groups in total. The van der Waals surface area contributed by atoms with E-state index in [2.05, 4.69) is 54.1 Å². The average molecular weight is 449 g/mol. The lowest BCUT2D eigenvalue weighted by Gasteiger charge is -2.22. The maximum absolute atomic E-state index is 12.9. The highest BCUT2D eigenvalue weighted by atomic mass is 32.2. The number of fused-ring (bicyclic) bond motifs is 1. The second-order valence-electron chi connectivity index (χ2n) is 8.65. The Morgan fingerprint density at radius 3 is 2.72 bits per heavy atom. The van der Waals surface area contributed by atoms with Gasteiger partial charge in [0.2, 0.25) is 0 Å². The van der Waals surface area contributed by atoms with Crippen LogP contribution in [0.5, 0.6) is 5.75 Å². The lowest BCUT2D eigenvalue weighted by Crippen LogP contribution is -2.36. The van der Waals surface area contributed by atoms with Gasteiger partial charge in [-0.05, 0) is 48.8 Å². The summed E-state index contributed by atoms with van der Waals surface area (Å²) in [5, 5.41) is 3.20. The first-order valence-electron chi connectivity index (χ1n) is 11.6. The summed E-state index contributed by atoms with van der Waals surface area (Å²) in [5.41, 5.74) is 4.75. The minimum Gasteiger partial charge on any atom is -0.491 e. The van der Waals surface area contributed by atoms with Gasteiger partial charge >= 0.3 is 0 Å². The molecule has 0 unspecified atom stereocenters. The van der Waals surface area contributed by atoms with Crippen molar-refractivity contribution in [2.24, 2.45) is 0 Å². The van der Waals surface area contributed by atoms with Crippen molar-refractivity contribution < 1.29 is 9.53 Å². The highest BCUT2D eigenvalue weighted by Gasteiger charge is 2.24. The van der Waals surface area contributed by atoms with Gasteiger partial charge < -0.3 is 10.1 Å². The van der Waals surface area contributed by atoms with Crippen LogP contribution in [0.4, 0.5) is 0 Å². The average Bonchev–Trinajstić information content (AvgIpc) is 3.29. The Hall–Kier alpha value is -2.53. The van der Waals surface area contributed by atoms with E-state index < -0.39 is 0 Å². The Kier molecular flexibility index (Phi) is 7.36. The van der Waals surface area contributed by atoms with Crippen LogP contribution in [-0.2, 0) is 12.8 Å². The number of pyridine rings is 1. The number of benzene rings is 1. The molecule has 4 rings (SSSR count). The second kappa shape index (κ2) is 10.4. The third-order valence-electron chi connectivity index (χ3n) is 6.24. The molecule has 1 aromatic carbocycles. The summed E-state index contributed by atoms with van der Waals surface area (Å²) in [7, 11) is 0. The van der Waals surface area contributed by atoms with Crippen LogP contribution in [0.25, 0.3) is 4.91 Å². The van der Waals surface area contributed by atoms with E-state index >= 15 is 0 Å². The molecule has 1 aromatic heterocycles. The Labute approximate surface area is 195 Å². The molecular formula is C27H32N2O2S. The van der Waals surface area contributed by atoms with Crippen molar-refractivity contribution in [2.45, 2.75) is 64.8 Å². The largest absolute Gasteiger partial charge is 0.491 e. The first-order chi connectivity index (χ1) is 15.5. The molecule has 1 amide bonds. The van der Waals surface area contributed by atoms with Crippen molar-refractivity contribution >= 4 is 22.6 Å². The number of thioether (sulfide) groups is 1. The van der Waals surface area contributed by atoms with E-state index in [1.54, 1.807) is 11.8 Å². The van der Waals surface area contributed by atoms with Gasteiger partial charge in [-0.3, -0.25) is 4.79 Å². The van der Waals surface area contributed by atoms with Gasteiger partial charge in [0.15, 0.2) is 0 Å². The smallest absolute Gasteiger partial charge is 0.270 e. The van der Waals surface area contributed by atoms with Crippen LogP contribution in [0, 0.1) is 0 Å². The van der Waals surface area contributed by atoms with E-state index in [0.29, 0.717) is 18.7 Å². The summed E-state index contributed by atoms with van der Waals surface area (Å²) in [6.07, 6.45) is 9.34. The molecule has 0 bridgehead atoms. The van der Waals surface area contributed by atoms with Gasteiger partial charge in [0.1, 0.15) is 11.4 Å². The topological polar surface area (TPSA) is 51.2 Å². The van der Waals surface area contributed by atoms with E-state index in [1.165, 1.54) is 29.7 Å². The monoisotopic (exact) mass is 448 g/mol. The molecule has 1 fully saturated rings. The van der Waals surface area contributed by atoms with Crippen LogP contribution >= 0.6 is 11.8 Å². The van der Waals surface area contributed by atoms with Crippen LogP contribution < -0.4 is 10.1 Å². The molecule has 0 atom stereocenters. The second-order valence-corrected chi connectivity index (χ2v) is 9.99. The number of carbonyl (C=O) groups is 1. The SMILES string of the molecule is C=C(S/C(C)=C\C)c1ccc(Cc2cc(C(=O)NC3CCCCC3)nc3c2OCC3)cc1. The lowest BCUT2D eigenvalue weighted by atomic mass is 9.95. The summed E-state index contributed by atoms with van der Waals surface area (Å²) in [5.74, 6) is 0.794. The Morgan fingerprint density at radius 2 is 2.00 bits per heavy atom. The van der Waals surface area contributed by atoms with Gasteiger partial charge in [-0.2, -0.15) is 0 Å². The van der Waals surface area contributed by atoms with Crippen molar-refractivity contribution in [3.8, 4) is 5.75 Å². The molecule has 2 heterocycles. The van der Waals surface area contributed by atoms with Crippen LogP contribution in [0.15, 0.2) is 47.9 Å². The minimum atomic E-state index is -0.0594. The summed E-state index contributed by atoms with van der Waals surface area (Å²) >= 11 is 1.69. The third-order valence-corrected chi connectivity index (χ3v) is 7.28. The van der Waals surface area contributed by atoms with E-state index in [1.807, 2.05) is 13.0 Å². The standard InChI is InChI=1S/C27H32N2O2S/c1-4-18(2)32-19(3)21-12-10-20(11-13-21)16-22-17-25(29-24-14-15-31-26(22)24)27(30)28-23-8-6-5-7-9-23/h4,10-13,17,23H,3,5-9,14-16H2,1-2H3,(H,28,30)/b18-4-. The zero-order valence-corrected chi connectivity index (χ0v) is 19.9. The molecule has 1 aliphatic heterocycles. The Bertz CT molecular complexity index is 1020.